The number of nitrogen functional groups attached to an aromatic ring is 1. The number of benzene rings is 1. The van der Waals surface area contributed by atoms with Gasteiger partial charge in [-0.15, -0.1) is 0 Å². The predicted molar refractivity (Wildman–Crippen MR) is 66.5 cm³/mol. The number of fused-ring (bicyclic) bond motifs is 1. The van der Waals surface area contributed by atoms with Gasteiger partial charge in [0, 0.05) is 11.0 Å². The van der Waals surface area contributed by atoms with Crippen molar-refractivity contribution in [3.63, 3.8) is 0 Å². The minimum atomic E-state index is -0.678. The Bertz CT molecular complexity index is 568. The monoisotopic (exact) mass is 265 g/mol. The summed E-state index contributed by atoms with van der Waals surface area (Å²) < 4.78 is 10.8. The lowest BCUT2D eigenvalue weighted by atomic mass is 10.2. The number of azide groups is 1. The zero-order valence-corrected chi connectivity index (χ0v) is 9.90. The van der Waals surface area contributed by atoms with Crippen molar-refractivity contribution in [3.8, 4) is 11.5 Å². The maximum atomic E-state index is 11.0. The second-order valence-corrected chi connectivity index (χ2v) is 3.84. The molecule has 1 aromatic carbocycles. The summed E-state index contributed by atoms with van der Waals surface area (Å²) in [7, 11) is 0. The van der Waals surface area contributed by atoms with Gasteiger partial charge in [0.05, 0.1) is 23.8 Å². The van der Waals surface area contributed by atoms with E-state index in [1.165, 1.54) is 0 Å². The van der Waals surface area contributed by atoms with Gasteiger partial charge in [-0.25, -0.2) is 0 Å². The van der Waals surface area contributed by atoms with E-state index >= 15 is 0 Å². The fraction of sp³-hybridized carbons (Fsp3) is 0.400. The molecule has 0 amide bonds. The van der Waals surface area contributed by atoms with Crippen LogP contribution in [0.4, 0.5) is 17.1 Å². The topological polar surface area (TPSA) is 136 Å². The molecule has 0 bridgehead atoms. The van der Waals surface area contributed by atoms with Crippen molar-refractivity contribution >= 4 is 17.1 Å². The minimum absolute atomic E-state index is 0.0317. The first-order chi connectivity index (χ1) is 9.15. The molecule has 0 radical (unpaired) electrons. The number of hydrogen-bond donors (Lipinski definition) is 1. The highest BCUT2D eigenvalue weighted by atomic mass is 16.6. The van der Waals surface area contributed by atoms with E-state index in [-0.39, 0.29) is 22.9 Å². The van der Waals surface area contributed by atoms with E-state index in [2.05, 4.69) is 10.0 Å². The van der Waals surface area contributed by atoms with Gasteiger partial charge in [0.1, 0.15) is 0 Å². The number of nitrogens with zero attached hydrogens (tertiary/aromatic N) is 4. The molecule has 19 heavy (non-hydrogen) atoms. The van der Waals surface area contributed by atoms with Crippen LogP contribution in [0.2, 0.25) is 0 Å². The van der Waals surface area contributed by atoms with Gasteiger partial charge in [0.2, 0.25) is 0 Å². The first-order valence-corrected chi connectivity index (χ1v) is 5.56. The Morgan fingerprint density at radius 1 is 1.37 bits per heavy atom. The number of nitro groups is 1. The highest BCUT2D eigenvalue weighted by molar-refractivity contribution is 5.79. The van der Waals surface area contributed by atoms with E-state index in [0.29, 0.717) is 13.2 Å². The lowest BCUT2D eigenvalue weighted by molar-refractivity contribution is -0.384. The van der Waals surface area contributed by atoms with Crippen molar-refractivity contribution < 1.29 is 14.4 Å². The van der Waals surface area contributed by atoms with Gasteiger partial charge in [0.25, 0.3) is 5.69 Å². The molecule has 0 atom stereocenters. The maximum absolute atomic E-state index is 11.0. The van der Waals surface area contributed by atoms with Crippen LogP contribution >= 0.6 is 0 Å². The maximum Gasteiger partial charge on any atom is 0.285 e. The number of nitrogens with two attached hydrogens (primary N) is 1. The summed E-state index contributed by atoms with van der Waals surface area (Å²) in [6, 6.07) is 1.10. The molecular weight excluding hydrogens is 254 g/mol. The Morgan fingerprint density at radius 3 is 2.58 bits per heavy atom. The van der Waals surface area contributed by atoms with Gasteiger partial charge in [-0.05, 0) is 23.5 Å². The normalized spacial score (nSPS) is 13.9. The molecule has 0 aromatic heterocycles. The molecule has 9 nitrogen and oxygen atoms in total. The molecule has 9 heteroatoms. The third-order valence-corrected chi connectivity index (χ3v) is 2.59. The van der Waals surface area contributed by atoms with Gasteiger partial charge in [0.15, 0.2) is 17.2 Å². The van der Waals surface area contributed by atoms with Gasteiger partial charge in [-0.2, -0.15) is 0 Å². The Labute approximate surface area is 107 Å². The molecule has 0 aliphatic carbocycles. The molecular formula is C10H11N5O4. The second-order valence-electron chi connectivity index (χ2n) is 3.84. The van der Waals surface area contributed by atoms with Crippen molar-refractivity contribution in [1.29, 1.82) is 0 Å². The molecule has 1 aliphatic heterocycles. The third kappa shape index (κ3) is 2.45. The summed E-state index contributed by atoms with van der Waals surface area (Å²) in [5.74, 6) is 0.219. The first kappa shape index (κ1) is 12.8. The van der Waals surface area contributed by atoms with Crippen LogP contribution in [0.25, 0.3) is 10.4 Å². The molecule has 1 aromatic rings. The third-order valence-electron chi connectivity index (χ3n) is 2.59. The van der Waals surface area contributed by atoms with Crippen LogP contribution < -0.4 is 15.2 Å². The smallest absolute Gasteiger partial charge is 0.285 e. The summed E-state index contributed by atoms with van der Waals surface area (Å²) in [6.07, 6.45) is 1.52. The molecule has 2 N–H and O–H groups in total. The fourth-order valence-corrected chi connectivity index (χ4v) is 1.75. The van der Waals surface area contributed by atoms with Gasteiger partial charge >= 0.3 is 0 Å². The van der Waals surface area contributed by atoms with Crippen molar-refractivity contribution in [2.24, 2.45) is 5.11 Å². The van der Waals surface area contributed by atoms with Crippen LogP contribution in [0, 0.1) is 10.1 Å². The second kappa shape index (κ2) is 5.32. The molecule has 0 saturated heterocycles. The Balaban J connectivity index is 2.68. The van der Waals surface area contributed by atoms with Gasteiger partial charge in [-0.3, -0.25) is 10.1 Å². The lowest BCUT2D eigenvalue weighted by Gasteiger charge is -2.19. The highest BCUT2D eigenvalue weighted by Crippen LogP contribution is 2.48. The van der Waals surface area contributed by atoms with E-state index in [4.69, 9.17) is 20.7 Å². The number of hydrogen-bond acceptors (Lipinski definition) is 6. The van der Waals surface area contributed by atoms with E-state index in [1.54, 1.807) is 0 Å². The molecule has 1 heterocycles. The minimum Gasteiger partial charge on any atom is -0.489 e. The predicted octanol–water partition coefficient (Wildman–Crippen LogP) is 2.67. The number of ether oxygens (including phenoxy) is 2. The van der Waals surface area contributed by atoms with Crippen LogP contribution in [0.1, 0.15) is 12.8 Å². The SMILES string of the molecule is [N-]=[N+]=Nc1c([N+](=O)[O-])cc(N)c2c1OCCCCO2. The van der Waals surface area contributed by atoms with E-state index < -0.39 is 10.6 Å². The standard InChI is InChI=1S/C10H11N5O4/c11-6-5-7(15(16)17)8(13-14-12)10-9(6)18-3-1-2-4-19-10/h5H,1-4,11H2. The van der Waals surface area contributed by atoms with Crippen molar-refractivity contribution in [2.75, 3.05) is 18.9 Å². The Kier molecular flexibility index (Phi) is 3.58. The molecule has 0 fully saturated rings. The Hall–Kier alpha value is -2.67. The van der Waals surface area contributed by atoms with Gasteiger partial charge < -0.3 is 15.2 Å². The molecule has 100 valence electrons. The number of anilines is 1. The fourth-order valence-electron chi connectivity index (χ4n) is 1.75. The van der Waals surface area contributed by atoms with E-state index in [9.17, 15) is 10.1 Å². The highest BCUT2D eigenvalue weighted by Gasteiger charge is 2.26. The quantitative estimate of drug-likeness (QED) is 0.219. The Morgan fingerprint density at radius 2 is 2.00 bits per heavy atom. The molecule has 0 spiro atoms. The molecule has 1 aliphatic rings. The van der Waals surface area contributed by atoms with E-state index in [1.807, 2.05) is 0 Å². The van der Waals surface area contributed by atoms with Crippen LogP contribution in [-0.4, -0.2) is 18.1 Å². The lowest BCUT2D eigenvalue weighted by Crippen LogP contribution is -2.10. The van der Waals surface area contributed by atoms with Gasteiger partial charge in [-0.1, -0.05) is 0 Å². The van der Waals surface area contributed by atoms with Crippen LogP contribution in [0.5, 0.6) is 11.5 Å². The summed E-state index contributed by atoms with van der Waals surface area (Å²) in [4.78, 5) is 12.9. The zero-order valence-electron chi connectivity index (χ0n) is 9.90. The molecule has 2 rings (SSSR count). The number of nitro benzene ring substituents is 1. The van der Waals surface area contributed by atoms with Crippen LogP contribution in [0.15, 0.2) is 11.2 Å². The summed E-state index contributed by atoms with van der Waals surface area (Å²) in [5, 5.41) is 14.3. The van der Waals surface area contributed by atoms with E-state index in [0.717, 1.165) is 18.9 Å². The summed E-state index contributed by atoms with van der Waals surface area (Å²) >= 11 is 0. The van der Waals surface area contributed by atoms with Crippen molar-refractivity contribution in [1.82, 2.24) is 0 Å². The number of rotatable bonds is 2. The molecule has 0 unspecified atom stereocenters. The first-order valence-electron chi connectivity index (χ1n) is 5.56. The summed E-state index contributed by atoms with van der Waals surface area (Å²) in [6.45, 7) is 0.777. The summed E-state index contributed by atoms with van der Waals surface area (Å²) in [5.41, 5.74) is 13.7. The average molecular weight is 265 g/mol. The largest absolute Gasteiger partial charge is 0.489 e. The van der Waals surface area contributed by atoms with Crippen molar-refractivity contribution in [2.45, 2.75) is 12.8 Å². The van der Waals surface area contributed by atoms with Crippen molar-refractivity contribution in [3.05, 3.63) is 26.6 Å². The van der Waals surface area contributed by atoms with Crippen LogP contribution in [0.3, 0.4) is 0 Å². The van der Waals surface area contributed by atoms with Crippen LogP contribution in [-0.2, 0) is 0 Å². The zero-order chi connectivity index (χ0) is 13.8. The average Bonchev–Trinajstić information content (AvgIpc) is 2.32. The molecule has 0 saturated carbocycles.